The predicted molar refractivity (Wildman–Crippen MR) is 129 cm³/mol. The van der Waals surface area contributed by atoms with Gasteiger partial charge in [-0.3, -0.25) is 14.5 Å². The van der Waals surface area contributed by atoms with Crippen LogP contribution >= 0.6 is 22.7 Å². The lowest BCUT2D eigenvalue weighted by Crippen LogP contribution is -2.46. The highest BCUT2D eigenvalue weighted by Gasteiger charge is 2.35. The van der Waals surface area contributed by atoms with Crippen molar-refractivity contribution in [2.24, 2.45) is 0 Å². The number of carbonyl (C=O) groups is 2. The normalized spacial score (nSPS) is 15.0. The van der Waals surface area contributed by atoms with Crippen molar-refractivity contribution < 1.29 is 9.59 Å². The minimum Gasteiger partial charge on any atom is -0.351 e. The highest BCUT2D eigenvalue weighted by atomic mass is 32.1. The van der Waals surface area contributed by atoms with Gasteiger partial charge in [-0.25, -0.2) is 0 Å². The molecule has 0 aliphatic heterocycles. The Hall–Kier alpha value is -2.44. The summed E-state index contributed by atoms with van der Waals surface area (Å²) in [7, 11) is 0. The second-order valence-electron chi connectivity index (χ2n) is 8.22. The van der Waals surface area contributed by atoms with E-state index in [1.165, 1.54) is 11.3 Å². The lowest BCUT2D eigenvalue weighted by Gasteiger charge is -2.32. The van der Waals surface area contributed by atoms with Crippen LogP contribution in [-0.2, 0) is 16.0 Å². The van der Waals surface area contributed by atoms with Crippen LogP contribution in [0.15, 0.2) is 53.2 Å². The van der Waals surface area contributed by atoms with Gasteiger partial charge in [-0.2, -0.15) is 0 Å². The smallest absolute Gasteiger partial charge is 0.248 e. The summed E-state index contributed by atoms with van der Waals surface area (Å²) in [5.74, 6) is -0.150. The van der Waals surface area contributed by atoms with Crippen LogP contribution in [0.3, 0.4) is 0 Å². The van der Waals surface area contributed by atoms with Crippen LogP contribution in [-0.4, -0.2) is 17.9 Å². The third-order valence-electron chi connectivity index (χ3n) is 5.81. The molecular weight excluding hydrogens is 424 g/mol. The molecule has 1 saturated carbocycles. The molecule has 1 aromatic carbocycles. The highest BCUT2D eigenvalue weighted by Crippen LogP contribution is 2.34. The van der Waals surface area contributed by atoms with E-state index in [4.69, 9.17) is 0 Å². The van der Waals surface area contributed by atoms with Gasteiger partial charge < -0.3 is 5.32 Å². The summed E-state index contributed by atoms with van der Waals surface area (Å²) >= 11 is 3.09. The minimum absolute atomic E-state index is 0.0608. The average molecular weight is 453 g/mol. The fraction of sp³-hybridized carbons (Fsp3) is 0.360. The molecule has 1 fully saturated rings. The summed E-state index contributed by atoms with van der Waals surface area (Å²) in [5.41, 5.74) is 2.93. The summed E-state index contributed by atoms with van der Waals surface area (Å²) in [6.07, 6.45) is 4.59. The van der Waals surface area contributed by atoms with E-state index >= 15 is 0 Å². The van der Waals surface area contributed by atoms with Gasteiger partial charge in [-0.15, -0.1) is 22.7 Å². The number of benzene rings is 1. The van der Waals surface area contributed by atoms with Crippen LogP contribution < -0.4 is 10.2 Å². The van der Waals surface area contributed by atoms with Gasteiger partial charge in [0.1, 0.15) is 6.04 Å². The fourth-order valence-electron chi connectivity index (χ4n) is 4.31. The molecule has 6 heteroatoms. The Kier molecular flexibility index (Phi) is 6.88. The molecule has 2 heterocycles. The van der Waals surface area contributed by atoms with Crippen molar-refractivity contribution in [1.82, 2.24) is 5.32 Å². The number of carbonyl (C=O) groups excluding carboxylic acids is 2. The maximum absolute atomic E-state index is 13.7. The molecule has 0 saturated heterocycles. The topological polar surface area (TPSA) is 49.4 Å². The van der Waals surface area contributed by atoms with E-state index in [-0.39, 0.29) is 24.3 Å². The molecule has 3 aromatic rings. The number of aryl methyl sites for hydroxylation is 2. The van der Waals surface area contributed by atoms with E-state index in [0.717, 1.165) is 52.3 Å². The first-order valence-electron chi connectivity index (χ1n) is 10.8. The number of thiophene rings is 2. The van der Waals surface area contributed by atoms with E-state index < -0.39 is 6.04 Å². The van der Waals surface area contributed by atoms with Gasteiger partial charge in [0.25, 0.3) is 0 Å². The Morgan fingerprint density at radius 2 is 1.81 bits per heavy atom. The molecule has 0 bridgehead atoms. The van der Waals surface area contributed by atoms with E-state index in [1.807, 2.05) is 61.0 Å². The van der Waals surface area contributed by atoms with Crippen LogP contribution in [0.4, 0.5) is 5.69 Å². The molecule has 31 heavy (non-hydrogen) atoms. The zero-order chi connectivity index (χ0) is 21.8. The van der Waals surface area contributed by atoms with Crippen molar-refractivity contribution in [2.45, 2.75) is 58.0 Å². The van der Waals surface area contributed by atoms with E-state index in [1.54, 1.807) is 16.2 Å². The maximum Gasteiger partial charge on any atom is 0.248 e. The standard InChI is InChI=1S/C25H28N2O2S2/c1-17-11-12-21(18(2)15-17)27(23(28)16-20-9-5-13-30-20)24(22-10-6-14-31-22)25(29)26-19-7-3-4-8-19/h5-6,9-15,19,24H,3-4,7-8,16H2,1-2H3,(H,26,29). The second-order valence-corrected chi connectivity index (χ2v) is 10.2. The molecule has 4 rings (SSSR count). The van der Waals surface area contributed by atoms with Crippen molar-refractivity contribution >= 4 is 40.2 Å². The zero-order valence-corrected chi connectivity index (χ0v) is 19.6. The van der Waals surface area contributed by atoms with E-state index in [0.29, 0.717) is 0 Å². The number of nitrogens with zero attached hydrogens (tertiary/aromatic N) is 1. The summed E-state index contributed by atoms with van der Waals surface area (Å²) in [6.45, 7) is 4.05. The summed E-state index contributed by atoms with van der Waals surface area (Å²) in [4.78, 5) is 30.9. The summed E-state index contributed by atoms with van der Waals surface area (Å²) in [6, 6.07) is 13.4. The maximum atomic E-state index is 13.7. The Balaban J connectivity index is 1.75. The lowest BCUT2D eigenvalue weighted by atomic mass is 10.0. The van der Waals surface area contributed by atoms with Gasteiger partial charge in [0.2, 0.25) is 11.8 Å². The van der Waals surface area contributed by atoms with Crippen molar-refractivity contribution in [3.63, 3.8) is 0 Å². The molecule has 1 N–H and O–H groups in total. The molecule has 1 atom stereocenters. The van der Waals surface area contributed by atoms with Crippen molar-refractivity contribution in [1.29, 1.82) is 0 Å². The van der Waals surface area contributed by atoms with Crippen LogP contribution in [0, 0.1) is 13.8 Å². The molecule has 0 spiro atoms. The first-order chi connectivity index (χ1) is 15.0. The quantitative estimate of drug-likeness (QED) is 0.492. The third kappa shape index (κ3) is 5.08. The van der Waals surface area contributed by atoms with Gasteiger partial charge in [0.15, 0.2) is 0 Å². The minimum atomic E-state index is -0.672. The first kappa shape index (κ1) is 21.8. The van der Waals surface area contributed by atoms with Gasteiger partial charge in [-0.1, -0.05) is 42.7 Å². The van der Waals surface area contributed by atoms with Gasteiger partial charge in [-0.05, 0) is 61.2 Å². The number of hydrogen-bond acceptors (Lipinski definition) is 4. The third-order valence-corrected chi connectivity index (χ3v) is 7.61. The molecule has 2 aromatic heterocycles. The van der Waals surface area contributed by atoms with Crippen LogP contribution in [0.1, 0.15) is 52.6 Å². The van der Waals surface area contributed by atoms with Gasteiger partial charge in [0, 0.05) is 21.5 Å². The van der Waals surface area contributed by atoms with Crippen LogP contribution in [0.2, 0.25) is 0 Å². The Morgan fingerprint density at radius 3 is 2.45 bits per heavy atom. The first-order valence-corrected chi connectivity index (χ1v) is 12.5. The number of hydrogen-bond donors (Lipinski definition) is 1. The Morgan fingerprint density at radius 1 is 1.06 bits per heavy atom. The molecule has 1 unspecified atom stereocenters. The van der Waals surface area contributed by atoms with Crippen molar-refractivity contribution in [3.8, 4) is 0 Å². The average Bonchev–Trinajstić information content (AvgIpc) is 3.50. The lowest BCUT2D eigenvalue weighted by molar-refractivity contribution is -0.126. The molecule has 0 radical (unpaired) electrons. The van der Waals surface area contributed by atoms with Crippen molar-refractivity contribution in [3.05, 3.63) is 74.1 Å². The Bertz CT molecular complexity index is 1020. The molecule has 1 aliphatic carbocycles. The van der Waals surface area contributed by atoms with E-state index in [9.17, 15) is 9.59 Å². The predicted octanol–water partition coefficient (Wildman–Crippen LogP) is 5.80. The zero-order valence-electron chi connectivity index (χ0n) is 18.0. The van der Waals surface area contributed by atoms with Crippen LogP contribution in [0.5, 0.6) is 0 Å². The summed E-state index contributed by atoms with van der Waals surface area (Å²) < 4.78 is 0. The number of nitrogens with one attached hydrogen (secondary N) is 1. The molecule has 4 nitrogen and oxygen atoms in total. The van der Waals surface area contributed by atoms with Crippen molar-refractivity contribution in [2.75, 3.05) is 4.90 Å². The van der Waals surface area contributed by atoms with E-state index in [2.05, 4.69) is 11.4 Å². The molecule has 1 aliphatic rings. The van der Waals surface area contributed by atoms with Crippen LogP contribution in [0.25, 0.3) is 0 Å². The van der Waals surface area contributed by atoms with Gasteiger partial charge >= 0.3 is 0 Å². The summed E-state index contributed by atoms with van der Waals surface area (Å²) in [5, 5.41) is 7.19. The largest absolute Gasteiger partial charge is 0.351 e. The second kappa shape index (κ2) is 9.79. The highest BCUT2D eigenvalue weighted by molar-refractivity contribution is 7.10. The fourth-order valence-corrected chi connectivity index (χ4v) is 5.82. The molecule has 2 amide bonds. The Labute approximate surface area is 191 Å². The monoisotopic (exact) mass is 452 g/mol. The van der Waals surface area contributed by atoms with Gasteiger partial charge in [0.05, 0.1) is 6.42 Å². The molecule has 162 valence electrons. The molecular formula is C25H28N2O2S2. The number of amides is 2. The number of anilines is 1. The SMILES string of the molecule is Cc1ccc(N(C(=O)Cc2cccs2)C(C(=O)NC2CCCC2)c2cccs2)c(C)c1. The number of rotatable bonds is 7.